The van der Waals surface area contributed by atoms with Crippen molar-refractivity contribution >= 4 is 11.7 Å². The van der Waals surface area contributed by atoms with Gasteiger partial charge in [0.05, 0.1) is 0 Å². The van der Waals surface area contributed by atoms with Crippen molar-refractivity contribution in [3.63, 3.8) is 0 Å². The van der Waals surface area contributed by atoms with Crippen LogP contribution < -0.4 is 0 Å². The fraction of sp³-hybridized carbons (Fsp3) is 0.688. The summed E-state index contributed by atoms with van der Waals surface area (Å²) in [5.41, 5.74) is 3.79. The van der Waals surface area contributed by atoms with E-state index in [1.165, 1.54) is 24.8 Å². The van der Waals surface area contributed by atoms with E-state index in [1.807, 2.05) is 18.7 Å². The maximum atomic E-state index is 13.9. The summed E-state index contributed by atoms with van der Waals surface area (Å²) in [4.78, 5) is 28.8. The molecule has 6 nitrogen and oxygen atoms in total. The van der Waals surface area contributed by atoms with Crippen LogP contribution in [0.5, 0.6) is 0 Å². The molecule has 6 heteroatoms. The van der Waals surface area contributed by atoms with Gasteiger partial charge >= 0.3 is 0 Å². The van der Waals surface area contributed by atoms with E-state index in [9.17, 15) is 9.59 Å². The number of hydrogen-bond donors (Lipinski definition) is 0. The number of carbonyl (C=O) groups excluding carboxylic acids is 2. The molecule has 1 aliphatic heterocycles. The standard InChI is InChI=1S/C32H46N4O2/c1-19(2)31(38)35-17-26(28(37)15-23-9-8-20(3)12-21(23)4)27(18-35)30-34-33-29(36(30)25-10-11-25)24-13-22(14-24)16-32(5,6)7/h8-9,12,19,22,24-27H,10-11,13-18H2,1-7H3/t22?,24?,26-,27-/m0/s1. The van der Waals surface area contributed by atoms with Crippen LogP contribution >= 0.6 is 0 Å². The third-order valence-electron chi connectivity index (χ3n) is 8.90. The zero-order valence-corrected chi connectivity index (χ0v) is 24.5. The second-order valence-electron chi connectivity index (χ2n) is 14.0. The maximum Gasteiger partial charge on any atom is 0.225 e. The first-order chi connectivity index (χ1) is 17.9. The smallest absolute Gasteiger partial charge is 0.225 e. The van der Waals surface area contributed by atoms with Crippen molar-refractivity contribution in [3.8, 4) is 0 Å². The molecule has 1 amide bonds. The second-order valence-corrected chi connectivity index (χ2v) is 14.0. The van der Waals surface area contributed by atoms with E-state index >= 15 is 0 Å². The van der Waals surface area contributed by atoms with Crippen LogP contribution in [0.15, 0.2) is 18.2 Å². The average Bonchev–Trinajstić information content (AvgIpc) is 3.40. The highest BCUT2D eigenvalue weighted by molar-refractivity contribution is 5.87. The first-order valence-electron chi connectivity index (χ1n) is 14.7. The summed E-state index contributed by atoms with van der Waals surface area (Å²) < 4.78 is 2.41. The summed E-state index contributed by atoms with van der Waals surface area (Å²) in [7, 11) is 0. The number of hydrogen-bond acceptors (Lipinski definition) is 4. The number of likely N-dealkylation sites (tertiary alicyclic amines) is 1. The van der Waals surface area contributed by atoms with E-state index in [4.69, 9.17) is 10.2 Å². The Morgan fingerprint density at radius 3 is 2.32 bits per heavy atom. The van der Waals surface area contributed by atoms with Crippen LogP contribution in [-0.2, 0) is 16.0 Å². The van der Waals surface area contributed by atoms with Crippen molar-refractivity contribution in [1.82, 2.24) is 19.7 Å². The van der Waals surface area contributed by atoms with Gasteiger partial charge in [0.1, 0.15) is 17.4 Å². The van der Waals surface area contributed by atoms with Crippen LogP contribution in [0.4, 0.5) is 0 Å². The molecule has 0 N–H and O–H groups in total. The number of aromatic nitrogens is 3. The Hall–Kier alpha value is -2.50. The first-order valence-corrected chi connectivity index (χ1v) is 14.7. The lowest BCUT2D eigenvalue weighted by molar-refractivity contribution is -0.133. The predicted molar refractivity (Wildman–Crippen MR) is 150 cm³/mol. The topological polar surface area (TPSA) is 68.1 Å². The third-order valence-corrected chi connectivity index (χ3v) is 8.90. The first kappa shape index (κ1) is 27.1. The molecule has 2 atom stereocenters. The average molecular weight is 519 g/mol. The number of nitrogens with zero attached hydrogens (tertiary/aromatic N) is 4. The fourth-order valence-corrected chi connectivity index (χ4v) is 6.83. The predicted octanol–water partition coefficient (Wildman–Crippen LogP) is 6.17. The van der Waals surface area contributed by atoms with Crippen LogP contribution in [0.1, 0.15) is 113 Å². The summed E-state index contributed by atoms with van der Waals surface area (Å²) in [6.07, 6.45) is 6.31. The highest BCUT2D eigenvalue weighted by atomic mass is 16.2. The molecule has 2 saturated carbocycles. The molecule has 5 rings (SSSR count). The molecule has 3 fully saturated rings. The van der Waals surface area contributed by atoms with Gasteiger partial charge in [0.2, 0.25) is 5.91 Å². The minimum absolute atomic E-state index is 0.0876. The molecular weight excluding hydrogens is 472 g/mol. The molecule has 206 valence electrons. The minimum Gasteiger partial charge on any atom is -0.341 e. The van der Waals surface area contributed by atoms with Gasteiger partial charge in [-0.15, -0.1) is 10.2 Å². The summed E-state index contributed by atoms with van der Waals surface area (Å²) in [6.45, 7) is 16.1. The van der Waals surface area contributed by atoms with Gasteiger partial charge in [-0.25, -0.2) is 0 Å². The number of benzene rings is 1. The van der Waals surface area contributed by atoms with E-state index in [-0.39, 0.29) is 29.4 Å². The van der Waals surface area contributed by atoms with Crippen molar-refractivity contribution in [1.29, 1.82) is 0 Å². The zero-order valence-electron chi connectivity index (χ0n) is 24.5. The lowest BCUT2D eigenvalue weighted by atomic mass is 9.68. The Morgan fingerprint density at radius 1 is 1.03 bits per heavy atom. The van der Waals surface area contributed by atoms with E-state index in [0.717, 1.165) is 41.5 Å². The number of carbonyl (C=O) groups is 2. The van der Waals surface area contributed by atoms with Crippen LogP contribution in [0.2, 0.25) is 0 Å². The molecule has 2 aromatic rings. The molecule has 2 heterocycles. The SMILES string of the molecule is Cc1ccc(CC(=O)[C@H]2CN(C(=O)C(C)C)C[C@@H]2c2nnc(C3CC(CC(C)(C)C)C3)n2C2CC2)c(C)c1. The molecule has 3 aliphatic rings. The molecule has 2 aliphatic carbocycles. The van der Waals surface area contributed by atoms with Gasteiger partial charge in [0.25, 0.3) is 0 Å². The highest BCUT2D eigenvalue weighted by Crippen LogP contribution is 2.49. The van der Waals surface area contributed by atoms with Gasteiger partial charge in [-0.3, -0.25) is 9.59 Å². The Morgan fingerprint density at radius 2 is 1.71 bits per heavy atom. The maximum absolute atomic E-state index is 13.9. The molecule has 38 heavy (non-hydrogen) atoms. The Labute approximate surface area is 228 Å². The molecule has 1 aromatic heterocycles. The fourth-order valence-electron chi connectivity index (χ4n) is 6.83. The van der Waals surface area contributed by atoms with E-state index in [1.54, 1.807) is 0 Å². The third kappa shape index (κ3) is 5.60. The van der Waals surface area contributed by atoms with Crippen molar-refractivity contribution in [2.75, 3.05) is 13.1 Å². The normalized spacial score (nSPS) is 25.6. The molecule has 1 saturated heterocycles. The number of amides is 1. The zero-order chi connectivity index (χ0) is 27.4. The Balaban J connectivity index is 1.41. The lowest BCUT2D eigenvalue weighted by Crippen LogP contribution is -2.33. The summed E-state index contributed by atoms with van der Waals surface area (Å²) in [5.74, 6) is 3.19. The molecule has 0 radical (unpaired) electrons. The van der Waals surface area contributed by atoms with E-state index in [2.05, 4.69) is 57.4 Å². The van der Waals surface area contributed by atoms with Crippen LogP contribution in [-0.4, -0.2) is 44.4 Å². The van der Waals surface area contributed by atoms with Gasteiger partial charge in [-0.1, -0.05) is 58.4 Å². The van der Waals surface area contributed by atoms with Gasteiger partial charge in [-0.2, -0.15) is 0 Å². The van der Waals surface area contributed by atoms with Gasteiger partial charge in [0, 0.05) is 49.2 Å². The summed E-state index contributed by atoms with van der Waals surface area (Å²) in [6, 6.07) is 6.75. The molecule has 0 spiro atoms. The molecular formula is C32H46N4O2. The van der Waals surface area contributed by atoms with Gasteiger partial charge < -0.3 is 9.47 Å². The van der Waals surface area contributed by atoms with Crippen molar-refractivity contribution < 1.29 is 9.59 Å². The van der Waals surface area contributed by atoms with Crippen molar-refractivity contribution in [2.24, 2.45) is 23.2 Å². The molecule has 0 bridgehead atoms. The minimum atomic E-state index is -0.247. The number of rotatable bonds is 8. The number of Topliss-reactive ketones (excluding diaryl/α,β-unsaturated/α-hetero) is 1. The van der Waals surface area contributed by atoms with E-state index in [0.29, 0.717) is 36.9 Å². The number of ketones is 1. The second kappa shape index (κ2) is 10.2. The van der Waals surface area contributed by atoms with Crippen molar-refractivity contribution in [3.05, 3.63) is 46.5 Å². The monoisotopic (exact) mass is 518 g/mol. The quantitative estimate of drug-likeness (QED) is 0.419. The van der Waals surface area contributed by atoms with Crippen LogP contribution in [0.25, 0.3) is 0 Å². The summed E-state index contributed by atoms with van der Waals surface area (Å²) in [5, 5.41) is 9.57. The van der Waals surface area contributed by atoms with Crippen LogP contribution in [0, 0.1) is 37.0 Å². The summed E-state index contributed by atoms with van der Waals surface area (Å²) >= 11 is 0. The Kier molecular flexibility index (Phi) is 7.30. The molecule has 0 unspecified atom stereocenters. The highest BCUT2D eigenvalue weighted by Gasteiger charge is 2.46. The largest absolute Gasteiger partial charge is 0.341 e. The van der Waals surface area contributed by atoms with E-state index < -0.39 is 0 Å². The lowest BCUT2D eigenvalue weighted by Gasteiger charge is -2.38. The van der Waals surface area contributed by atoms with Crippen LogP contribution in [0.3, 0.4) is 0 Å². The number of aryl methyl sites for hydroxylation is 2. The Bertz CT molecular complexity index is 1200. The van der Waals surface area contributed by atoms with Gasteiger partial charge in [0.15, 0.2) is 0 Å². The molecule has 1 aromatic carbocycles. The van der Waals surface area contributed by atoms with Gasteiger partial charge in [-0.05, 0) is 68.4 Å². The van der Waals surface area contributed by atoms with Crippen molar-refractivity contribution in [2.45, 2.75) is 105 Å².